The monoisotopic (exact) mass is 445 g/mol. The van der Waals surface area contributed by atoms with E-state index >= 15 is 0 Å². The zero-order valence-corrected chi connectivity index (χ0v) is 20.0. The van der Waals surface area contributed by atoms with Crippen molar-refractivity contribution >= 4 is 0 Å². The summed E-state index contributed by atoms with van der Waals surface area (Å²) < 4.78 is 3.67. The second-order valence-electron chi connectivity index (χ2n) is 9.27. The van der Waals surface area contributed by atoms with Crippen LogP contribution in [0.1, 0.15) is 63.6 Å². The molecular formula is C25H31N7O. The van der Waals surface area contributed by atoms with Crippen molar-refractivity contribution in [2.75, 3.05) is 0 Å². The van der Waals surface area contributed by atoms with Crippen LogP contribution in [-0.4, -0.2) is 34.7 Å². The molecule has 0 aliphatic carbocycles. The lowest BCUT2D eigenvalue weighted by molar-refractivity contribution is 0.583. The molecule has 4 rings (SSSR count). The highest BCUT2D eigenvalue weighted by Crippen LogP contribution is 2.31. The van der Waals surface area contributed by atoms with Gasteiger partial charge in [-0.15, -0.1) is 5.10 Å². The third kappa shape index (κ3) is 4.37. The average molecular weight is 446 g/mol. The van der Waals surface area contributed by atoms with Gasteiger partial charge in [0.2, 0.25) is 0 Å². The van der Waals surface area contributed by atoms with E-state index in [4.69, 9.17) is 0 Å². The van der Waals surface area contributed by atoms with Gasteiger partial charge in [-0.3, -0.25) is 14.1 Å². The van der Waals surface area contributed by atoms with Crippen molar-refractivity contribution in [1.82, 2.24) is 34.7 Å². The summed E-state index contributed by atoms with van der Waals surface area (Å²) >= 11 is 0. The standard InChI is InChI=1S/C25H31N7O/c1-6-10-18-15-32(22-17(7-2)11-8-13-20(22)25(3,4)5)24(33)31(18)16-21-19(12-9-14-26-21)23-27-29-30-28-23/h8-9,11-15H,6-7,10,16H2,1-5H3,(H,27,28,29,30). The number of nitrogens with one attached hydrogen (secondary N) is 1. The minimum atomic E-state index is -0.0968. The van der Waals surface area contributed by atoms with Crippen LogP contribution in [-0.2, 0) is 24.8 Å². The number of hydrogen-bond donors (Lipinski definition) is 1. The molecule has 3 aromatic heterocycles. The van der Waals surface area contributed by atoms with Crippen LogP contribution < -0.4 is 5.69 Å². The number of rotatable bonds is 7. The number of imidazole rings is 1. The van der Waals surface area contributed by atoms with Gasteiger partial charge >= 0.3 is 5.69 Å². The van der Waals surface area contributed by atoms with Crippen LogP contribution in [0.3, 0.4) is 0 Å². The first-order valence-electron chi connectivity index (χ1n) is 11.5. The molecular weight excluding hydrogens is 414 g/mol. The largest absolute Gasteiger partial charge is 0.333 e. The highest BCUT2D eigenvalue weighted by Gasteiger charge is 2.24. The molecule has 33 heavy (non-hydrogen) atoms. The summed E-state index contributed by atoms with van der Waals surface area (Å²) in [6.45, 7) is 11.2. The van der Waals surface area contributed by atoms with Crippen LogP contribution in [0.4, 0.5) is 0 Å². The van der Waals surface area contributed by atoms with Crippen molar-refractivity contribution < 1.29 is 0 Å². The van der Waals surface area contributed by atoms with Crippen LogP contribution in [0.5, 0.6) is 0 Å². The van der Waals surface area contributed by atoms with Gasteiger partial charge in [0.05, 0.1) is 17.9 Å². The van der Waals surface area contributed by atoms with Crippen molar-refractivity contribution in [3.05, 3.63) is 75.7 Å². The average Bonchev–Trinajstić information content (AvgIpc) is 3.43. The second kappa shape index (κ2) is 9.13. The third-order valence-corrected chi connectivity index (χ3v) is 5.92. The van der Waals surface area contributed by atoms with E-state index in [1.54, 1.807) is 6.20 Å². The number of aryl methyl sites for hydroxylation is 2. The van der Waals surface area contributed by atoms with Gasteiger partial charge in [0.1, 0.15) is 0 Å². The lowest BCUT2D eigenvalue weighted by Gasteiger charge is -2.25. The molecule has 4 aromatic rings. The first-order valence-corrected chi connectivity index (χ1v) is 11.5. The fraction of sp³-hybridized carbons (Fsp3) is 0.400. The van der Waals surface area contributed by atoms with Gasteiger partial charge < -0.3 is 0 Å². The summed E-state index contributed by atoms with van der Waals surface area (Å²) in [6.07, 6.45) is 6.32. The molecule has 0 aliphatic rings. The molecule has 1 N–H and O–H groups in total. The maximum absolute atomic E-state index is 13.9. The molecule has 8 heteroatoms. The Hall–Kier alpha value is -3.55. The fourth-order valence-electron chi connectivity index (χ4n) is 4.28. The van der Waals surface area contributed by atoms with Crippen LogP contribution >= 0.6 is 0 Å². The minimum Gasteiger partial charge on any atom is -0.290 e. The van der Waals surface area contributed by atoms with Gasteiger partial charge in [0, 0.05) is 23.7 Å². The van der Waals surface area contributed by atoms with E-state index < -0.39 is 0 Å². The van der Waals surface area contributed by atoms with Crippen molar-refractivity contribution in [1.29, 1.82) is 0 Å². The predicted octanol–water partition coefficient (Wildman–Crippen LogP) is 4.07. The summed E-state index contributed by atoms with van der Waals surface area (Å²) in [5.41, 5.74) is 5.68. The maximum atomic E-state index is 13.9. The molecule has 0 saturated heterocycles. The first kappa shape index (κ1) is 22.6. The molecule has 172 valence electrons. The lowest BCUT2D eigenvalue weighted by Crippen LogP contribution is -2.28. The molecule has 3 heterocycles. The van der Waals surface area contributed by atoms with E-state index in [-0.39, 0.29) is 11.1 Å². The van der Waals surface area contributed by atoms with Gasteiger partial charge in [-0.2, -0.15) is 0 Å². The summed E-state index contributed by atoms with van der Waals surface area (Å²) in [5.74, 6) is 0.536. The quantitative estimate of drug-likeness (QED) is 0.463. The summed E-state index contributed by atoms with van der Waals surface area (Å²) in [7, 11) is 0. The van der Waals surface area contributed by atoms with Gasteiger partial charge in [-0.05, 0) is 51.9 Å². The Morgan fingerprint density at radius 2 is 1.91 bits per heavy atom. The molecule has 0 radical (unpaired) electrons. The Balaban J connectivity index is 1.89. The van der Waals surface area contributed by atoms with Gasteiger partial charge in [0.25, 0.3) is 0 Å². The molecule has 1 aromatic carbocycles. The maximum Gasteiger partial charge on any atom is 0.333 e. The normalized spacial score (nSPS) is 11.8. The first-order chi connectivity index (χ1) is 15.8. The van der Waals surface area contributed by atoms with Crippen LogP contribution in [0.2, 0.25) is 0 Å². The van der Waals surface area contributed by atoms with Crippen molar-refractivity contribution in [3.8, 4) is 17.1 Å². The van der Waals surface area contributed by atoms with E-state index in [0.29, 0.717) is 12.4 Å². The number of nitrogens with zero attached hydrogens (tertiary/aromatic N) is 6. The molecule has 0 spiro atoms. The Kier molecular flexibility index (Phi) is 6.26. The predicted molar refractivity (Wildman–Crippen MR) is 129 cm³/mol. The molecule has 0 fully saturated rings. The van der Waals surface area contributed by atoms with Crippen molar-refractivity contribution in [2.45, 2.75) is 65.8 Å². The summed E-state index contributed by atoms with van der Waals surface area (Å²) in [4.78, 5) is 18.4. The van der Waals surface area contributed by atoms with E-state index in [9.17, 15) is 4.79 Å². The topological polar surface area (TPSA) is 94.3 Å². The lowest BCUT2D eigenvalue weighted by atomic mass is 9.84. The second-order valence-corrected chi connectivity index (χ2v) is 9.27. The minimum absolute atomic E-state index is 0.0582. The van der Waals surface area contributed by atoms with Crippen LogP contribution in [0.25, 0.3) is 17.1 Å². The Bertz CT molecular complexity index is 1290. The van der Waals surface area contributed by atoms with E-state index in [1.165, 1.54) is 0 Å². The number of aromatic nitrogens is 7. The zero-order chi connectivity index (χ0) is 23.6. The third-order valence-electron chi connectivity index (χ3n) is 5.92. The molecule has 0 bridgehead atoms. The van der Waals surface area contributed by atoms with E-state index in [1.807, 2.05) is 27.5 Å². The number of H-pyrrole nitrogens is 1. The molecule has 0 atom stereocenters. The zero-order valence-electron chi connectivity index (χ0n) is 20.0. The molecule has 8 nitrogen and oxygen atoms in total. The van der Waals surface area contributed by atoms with Crippen LogP contribution in [0, 0.1) is 0 Å². The number of tetrazole rings is 1. The van der Waals surface area contributed by atoms with Gasteiger partial charge in [-0.25, -0.2) is 9.89 Å². The van der Waals surface area contributed by atoms with Gasteiger partial charge in [-0.1, -0.05) is 59.2 Å². The van der Waals surface area contributed by atoms with Gasteiger partial charge in [0.15, 0.2) is 5.82 Å². The molecule has 0 unspecified atom stereocenters. The molecule has 0 aliphatic heterocycles. The fourth-order valence-corrected chi connectivity index (χ4v) is 4.28. The number of benzene rings is 1. The summed E-state index contributed by atoms with van der Waals surface area (Å²) in [6, 6.07) is 10.1. The Labute approximate surface area is 193 Å². The van der Waals surface area contributed by atoms with Crippen molar-refractivity contribution in [2.24, 2.45) is 0 Å². The van der Waals surface area contributed by atoms with E-state index in [0.717, 1.165) is 53.0 Å². The molecule has 0 saturated carbocycles. The van der Waals surface area contributed by atoms with E-state index in [2.05, 4.69) is 78.4 Å². The number of aromatic amines is 1. The smallest absolute Gasteiger partial charge is 0.290 e. The van der Waals surface area contributed by atoms with Crippen molar-refractivity contribution in [3.63, 3.8) is 0 Å². The summed E-state index contributed by atoms with van der Waals surface area (Å²) in [5, 5.41) is 14.2. The highest BCUT2D eigenvalue weighted by molar-refractivity contribution is 5.57. The highest BCUT2D eigenvalue weighted by atomic mass is 16.1. The Morgan fingerprint density at radius 3 is 2.58 bits per heavy atom. The number of hydrogen-bond acceptors (Lipinski definition) is 5. The SMILES string of the molecule is CCCc1cn(-c2c(CC)cccc2C(C)(C)C)c(=O)n1Cc1ncccc1-c1nnn[nH]1. The Morgan fingerprint density at radius 1 is 1.09 bits per heavy atom. The molecule has 0 amide bonds. The number of pyridine rings is 1. The number of para-hydroxylation sites is 1. The van der Waals surface area contributed by atoms with Crippen LogP contribution in [0.15, 0.2) is 47.5 Å².